The molecule has 0 aromatic heterocycles. The van der Waals surface area contributed by atoms with E-state index in [2.05, 4.69) is 132 Å². The molecule has 2 aliphatic carbocycles. The highest BCUT2D eigenvalue weighted by Crippen LogP contribution is 2.60. The number of hydrogen-bond donors (Lipinski definition) is 1. The number of nitrogens with one attached hydrogen (secondary N) is 1. The molecule has 2 fully saturated rings. The van der Waals surface area contributed by atoms with Crippen molar-refractivity contribution in [2.45, 2.75) is 108 Å². The van der Waals surface area contributed by atoms with Crippen LogP contribution in [0.3, 0.4) is 0 Å². The number of benzene rings is 8. The predicted octanol–water partition coefficient (Wildman–Crippen LogP) is 19.0. The second kappa shape index (κ2) is 20.6. The zero-order chi connectivity index (χ0) is 52.1. The van der Waals surface area contributed by atoms with Crippen LogP contribution in [0.4, 0.5) is 20.2 Å². The quantitative estimate of drug-likeness (QED) is 0.124. The average Bonchev–Trinajstić information content (AvgIpc) is 3.73. The Hall–Kier alpha value is -6.83. The highest BCUT2D eigenvalue weighted by molar-refractivity contribution is 9.10. The fraction of sp³-hybridized carbons (Fsp3) is 0.290. The van der Waals surface area contributed by atoms with Crippen LogP contribution in [0.5, 0.6) is 5.75 Å². The van der Waals surface area contributed by atoms with Gasteiger partial charge in [0.1, 0.15) is 17.4 Å². The molecular formula is C69H65BrF2N2O2. The largest absolute Gasteiger partial charge is 0.472 e. The van der Waals surface area contributed by atoms with Crippen molar-refractivity contribution in [3.8, 4) is 39.1 Å². The fourth-order valence-corrected chi connectivity index (χ4v) is 14.2. The molecule has 4 aliphatic rings. The van der Waals surface area contributed by atoms with E-state index in [1.165, 1.54) is 87.9 Å². The molecule has 12 rings (SSSR count). The van der Waals surface area contributed by atoms with Crippen LogP contribution in [-0.4, -0.2) is 19.0 Å². The number of hydrogen-bond acceptors (Lipinski definition) is 3. The van der Waals surface area contributed by atoms with E-state index in [4.69, 9.17) is 4.74 Å². The summed E-state index contributed by atoms with van der Waals surface area (Å²) in [7, 11) is 0. The molecule has 2 aliphatic heterocycles. The van der Waals surface area contributed by atoms with E-state index >= 15 is 8.78 Å². The monoisotopic (exact) mass is 1070 g/mol. The Labute approximate surface area is 455 Å². The molecule has 0 radical (unpaired) electrons. The molecule has 7 heteroatoms. The maximum Gasteiger partial charge on any atom is 0.255 e. The van der Waals surface area contributed by atoms with Gasteiger partial charge in [-0.2, -0.15) is 0 Å². The van der Waals surface area contributed by atoms with E-state index in [9.17, 15) is 4.79 Å². The van der Waals surface area contributed by atoms with Crippen LogP contribution < -0.4 is 15.0 Å². The van der Waals surface area contributed by atoms with Gasteiger partial charge in [-0.25, -0.2) is 8.78 Å². The van der Waals surface area contributed by atoms with Crippen LogP contribution in [0.15, 0.2) is 162 Å². The number of rotatable bonds is 12. The molecule has 8 aromatic carbocycles. The lowest BCUT2D eigenvalue weighted by Crippen LogP contribution is -2.35. The molecule has 2 heterocycles. The van der Waals surface area contributed by atoms with Crippen LogP contribution in [0.1, 0.15) is 141 Å². The van der Waals surface area contributed by atoms with Crippen LogP contribution in [0, 0.1) is 17.6 Å². The van der Waals surface area contributed by atoms with Crippen molar-refractivity contribution in [3.63, 3.8) is 0 Å². The van der Waals surface area contributed by atoms with Gasteiger partial charge in [0.05, 0.1) is 5.39 Å². The number of piperidine rings is 1. The van der Waals surface area contributed by atoms with Crippen molar-refractivity contribution in [2.75, 3.05) is 23.3 Å². The van der Waals surface area contributed by atoms with Crippen LogP contribution in [0.2, 0.25) is 0 Å². The molecule has 4 nitrogen and oxygen atoms in total. The first-order valence-corrected chi connectivity index (χ1v) is 28.5. The Morgan fingerprint density at radius 2 is 1.37 bits per heavy atom. The molecule has 1 amide bonds. The second-order valence-corrected chi connectivity index (χ2v) is 23.2. The Morgan fingerprint density at radius 1 is 0.711 bits per heavy atom. The van der Waals surface area contributed by atoms with E-state index in [1.807, 2.05) is 66.7 Å². The third-order valence-corrected chi connectivity index (χ3v) is 17.9. The molecule has 1 saturated carbocycles. The molecule has 384 valence electrons. The van der Waals surface area contributed by atoms with Crippen LogP contribution >= 0.6 is 15.9 Å². The predicted molar refractivity (Wildman–Crippen MR) is 313 cm³/mol. The lowest BCUT2D eigenvalue weighted by atomic mass is 9.76. The Kier molecular flexibility index (Phi) is 13.6. The van der Waals surface area contributed by atoms with Crippen molar-refractivity contribution >= 4 is 50.1 Å². The zero-order valence-corrected chi connectivity index (χ0v) is 45.4. The minimum absolute atomic E-state index is 0.182. The van der Waals surface area contributed by atoms with Gasteiger partial charge in [-0.1, -0.05) is 159 Å². The van der Waals surface area contributed by atoms with Crippen LogP contribution in [-0.2, 0) is 11.0 Å². The second-order valence-electron chi connectivity index (χ2n) is 22.4. The summed E-state index contributed by atoms with van der Waals surface area (Å²) < 4.78 is 40.9. The SMILES string of the molecule is CCCCCC1CCC(c2ccc(-c3ccc(C(=O)Nc4ccc(-c5cc(Br)c6c(c5)-c5c(c7c(c8c(F)cc(F)cc58)OC(c5ccccc5)(c5ccc(N8CCCCC8)cc5)C=C7)C6(C)C)cc4)cc3)cc2)CC1. The smallest absolute Gasteiger partial charge is 0.255 e. The Bertz CT molecular complexity index is 3480. The number of carbonyl (C=O) groups excluding carboxylic acids is 1. The Balaban J connectivity index is 0.811. The summed E-state index contributed by atoms with van der Waals surface area (Å²) in [5.41, 5.74) is 12.6. The first-order valence-electron chi connectivity index (χ1n) is 27.7. The standard InChI is InChI=1S/C69H65BrF2N2O2/c1-4-5-8-13-44-16-18-45(19-17-44)46-20-22-47(23-21-46)48-24-26-50(27-25-48)67(75)73-55-32-28-49(29-33-55)51-40-59-62-58-42-54(71)43-61(72)63(58)66-57(65(62)68(2,3)64(59)60(70)41-51)36-37-69(76-66,52-14-9-6-10-15-52)53-30-34-56(35-31-53)74-38-11-7-12-39-74/h6,9-10,14-15,20-37,40-45H,4-5,7-8,11-13,16-19,38-39H2,1-3H3,(H,73,75). The van der Waals surface area contributed by atoms with Gasteiger partial charge in [0.2, 0.25) is 0 Å². The van der Waals surface area contributed by atoms with Crippen molar-refractivity contribution < 1.29 is 18.3 Å². The summed E-state index contributed by atoms with van der Waals surface area (Å²) in [6, 6.07) is 50.1. The van der Waals surface area contributed by atoms with Crippen LogP contribution in [0.25, 0.3) is 50.2 Å². The highest BCUT2D eigenvalue weighted by atomic mass is 79.9. The van der Waals surface area contributed by atoms with Gasteiger partial charge in [0, 0.05) is 62.7 Å². The molecule has 8 aromatic rings. The van der Waals surface area contributed by atoms with E-state index in [-0.39, 0.29) is 11.3 Å². The van der Waals surface area contributed by atoms with E-state index < -0.39 is 22.7 Å². The van der Waals surface area contributed by atoms with Crippen molar-refractivity contribution in [2.24, 2.45) is 5.92 Å². The number of halogens is 3. The number of fused-ring (bicyclic) bond motifs is 8. The van der Waals surface area contributed by atoms with Gasteiger partial charge >= 0.3 is 0 Å². The molecular weight excluding hydrogens is 1010 g/mol. The molecule has 76 heavy (non-hydrogen) atoms. The van der Waals surface area contributed by atoms with Crippen molar-refractivity contribution in [1.82, 2.24) is 0 Å². The maximum absolute atomic E-state index is 16.9. The summed E-state index contributed by atoms with van der Waals surface area (Å²) in [5, 5.41) is 3.81. The Morgan fingerprint density at radius 3 is 2.07 bits per heavy atom. The summed E-state index contributed by atoms with van der Waals surface area (Å²) in [4.78, 5) is 16.0. The van der Waals surface area contributed by atoms with Gasteiger partial charge in [-0.05, 0) is 173 Å². The van der Waals surface area contributed by atoms with Gasteiger partial charge in [0.15, 0.2) is 5.60 Å². The minimum Gasteiger partial charge on any atom is -0.472 e. The van der Waals surface area contributed by atoms with Gasteiger partial charge in [0.25, 0.3) is 5.91 Å². The van der Waals surface area contributed by atoms with Crippen molar-refractivity contribution in [3.05, 3.63) is 213 Å². The summed E-state index contributed by atoms with van der Waals surface area (Å²) in [6.45, 7) is 8.72. The summed E-state index contributed by atoms with van der Waals surface area (Å²) >= 11 is 4.00. The molecule has 1 unspecified atom stereocenters. The molecule has 1 atom stereocenters. The van der Waals surface area contributed by atoms with Gasteiger partial charge in [-0.3, -0.25) is 4.79 Å². The molecule has 1 saturated heterocycles. The maximum atomic E-state index is 16.9. The summed E-state index contributed by atoms with van der Waals surface area (Å²) in [5.74, 6) is 0.443. The topological polar surface area (TPSA) is 41.6 Å². The third-order valence-electron chi connectivity index (χ3n) is 17.3. The lowest BCUT2D eigenvalue weighted by Gasteiger charge is -2.39. The van der Waals surface area contributed by atoms with Crippen molar-refractivity contribution in [1.29, 1.82) is 0 Å². The number of anilines is 2. The van der Waals surface area contributed by atoms with E-state index in [0.717, 1.165) is 90.7 Å². The molecule has 1 N–H and O–H groups in total. The summed E-state index contributed by atoms with van der Waals surface area (Å²) in [6.07, 6.45) is 18.5. The van der Waals surface area contributed by atoms with E-state index in [1.54, 1.807) is 0 Å². The van der Waals surface area contributed by atoms with E-state index in [0.29, 0.717) is 28.3 Å². The molecule has 0 bridgehead atoms. The number of unbranched alkanes of at least 4 members (excludes halogenated alkanes) is 2. The normalized spacial score (nSPS) is 19.4. The average molecular weight is 1070 g/mol. The number of nitrogens with zero attached hydrogens (tertiary/aromatic N) is 1. The first-order chi connectivity index (χ1) is 37.0. The highest BCUT2D eigenvalue weighted by Gasteiger charge is 2.46. The lowest BCUT2D eigenvalue weighted by molar-refractivity contribution is 0.102. The number of amides is 1. The number of ether oxygens (including phenoxy) is 1. The zero-order valence-electron chi connectivity index (χ0n) is 43.8. The number of carbonyl (C=O) groups is 1. The minimum atomic E-state index is -1.09. The fourth-order valence-electron chi connectivity index (χ4n) is 13.3. The first kappa shape index (κ1) is 50.0. The van der Waals surface area contributed by atoms with Gasteiger partial charge in [-0.15, -0.1) is 0 Å². The molecule has 0 spiro atoms. The third kappa shape index (κ3) is 9.16. The van der Waals surface area contributed by atoms with Gasteiger partial charge < -0.3 is 15.0 Å².